The van der Waals surface area contributed by atoms with Crippen molar-refractivity contribution >= 4 is 29.2 Å². The molecule has 3 aromatic heterocycles. The summed E-state index contributed by atoms with van der Waals surface area (Å²) in [6.07, 6.45) is 2.57. The topological polar surface area (TPSA) is 112 Å². The molecule has 1 N–H and O–H groups in total. The van der Waals surface area contributed by atoms with Crippen molar-refractivity contribution in [2.45, 2.75) is 38.3 Å². The van der Waals surface area contributed by atoms with E-state index >= 15 is 0 Å². The summed E-state index contributed by atoms with van der Waals surface area (Å²) >= 11 is 12.9. The van der Waals surface area contributed by atoms with E-state index in [4.69, 9.17) is 42.3 Å². The van der Waals surface area contributed by atoms with E-state index in [0.29, 0.717) is 63.4 Å². The van der Waals surface area contributed by atoms with Gasteiger partial charge in [0.2, 0.25) is 11.8 Å². The number of aromatic nitrogens is 4. The molecule has 1 fully saturated rings. The number of carboxylic acids is 1. The van der Waals surface area contributed by atoms with Crippen LogP contribution >= 0.6 is 23.2 Å². The minimum absolute atomic E-state index is 0.0639. The zero-order valence-electron chi connectivity index (χ0n) is 18.2. The molecule has 0 amide bonds. The predicted octanol–water partition coefficient (Wildman–Crippen LogP) is 5.74. The molecule has 0 bridgehead atoms. The van der Waals surface area contributed by atoms with Crippen LogP contribution in [-0.4, -0.2) is 31.0 Å². The summed E-state index contributed by atoms with van der Waals surface area (Å²) in [6.45, 7) is 0.612. The van der Waals surface area contributed by atoms with Crippen LogP contribution < -0.4 is 9.47 Å². The highest BCUT2D eigenvalue weighted by atomic mass is 35.5. The lowest BCUT2D eigenvalue weighted by Crippen LogP contribution is -2.05. The van der Waals surface area contributed by atoms with E-state index in [1.807, 2.05) is 0 Å². The number of hydrogen-bond donors (Lipinski definition) is 1. The SMILES string of the molecule is O=C(O)c1cc2n(n1)CCc1nc(OCc3c(-c4c(Cl)cccc4Cl)noc3C3CC3)ccc1O2. The molecule has 4 aromatic rings. The van der Waals surface area contributed by atoms with E-state index in [9.17, 15) is 4.79 Å². The van der Waals surface area contributed by atoms with Crippen LogP contribution in [0.15, 0.2) is 40.9 Å². The summed E-state index contributed by atoms with van der Waals surface area (Å²) in [5, 5.41) is 18.5. The van der Waals surface area contributed by atoms with E-state index < -0.39 is 5.97 Å². The zero-order chi connectivity index (χ0) is 24.1. The molecule has 6 rings (SSSR count). The Balaban J connectivity index is 1.26. The lowest BCUT2D eigenvalue weighted by Gasteiger charge is -2.11. The molecule has 1 aromatic carbocycles. The fraction of sp³-hybridized carbons (Fsp3) is 0.250. The van der Waals surface area contributed by atoms with E-state index in [-0.39, 0.29) is 12.3 Å². The van der Waals surface area contributed by atoms with E-state index in [1.165, 1.54) is 10.7 Å². The Morgan fingerprint density at radius 3 is 2.74 bits per heavy atom. The van der Waals surface area contributed by atoms with Crippen LogP contribution in [0.25, 0.3) is 11.3 Å². The van der Waals surface area contributed by atoms with E-state index in [0.717, 1.165) is 24.2 Å². The summed E-state index contributed by atoms with van der Waals surface area (Å²) in [7, 11) is 0. The van der Waals surface area contributed by atoms with E-state index in [2.05, 4.69) is 15.2 Å². The monoisotopic (exact) mass is 512 g/mol. The molecule has 0 saturated heterocycles. The molecule has 35 heavy (non-hydrogen) atoms. The highest BCUT2D eigenvalue weighted by molar-refractivity contribution is 6.39. The first-order valence-corrected chi connectivity index (χ1v) is 11.8. The van der Waals surface area contributed by atoms with Crippen molar-refractivity contribution in [1.82, 2.24) is 19.9 Å². The second kappa shape index (κ2) is 8.58. The molecule has 1 aliphatic heterocycles. The van der Waals surface area contributed by atoms with Gasteiger partial charge in [-0.15, -0.1) is 0 Å². The number of carboxylic acid groups (broad SMARTS) is 1. The molecule has 0 radical (unpaired) electrons. The fourth-order valence-electron chi connectivity index (χ4n) is 4.09. The van der Waals surface area contributed by atoms with Crippen molar-refractivity contribution in [3.8, 4) is 28.8 Å². The van der Waals surface area contributed by atoms with Gasteiger partial charge in [0.1, 0.15) is 18.1 Å². The zero-order valence-corrected chi connectivity index (χ0v) is 19.7. The molecule has 0 spiro atoms. The largest absolute Gasteiger partial charge is 0.476 e. The molecule has 11 heteroatoms. The van der Waals surface area contributed by atoms with Gasteiger partial charge in [0, 0.05) is 30.0 Å². The second-order valence-corrected chi connectivity index (χ2v) is 9.19. The van der Waals surface area contributed by atoms with Gasteiger partial charge in [-0.05, 0) is 31.0 Å². The molecule has 178 valence electrons. The van der Waals surface area contributed by atoms with Gasteiger partial charge in [-0.3, -0.25) is 0 Å². The Morgan fingerprint density at radius 2 is 2.00 bits per heavy atom. The maximum atomic E-state index is 11.2. The molecular weight excluding hydrogens is 495 g/mol. The fourth-order valence-corrected chi connectivity index (χ4v) is 4.66. The molecule has 1 saturated carbocycles. The summed E-state index contributed by atoms with van der Waals surface area (Å²) in [5.74, 6) is 1.29. The van der Waals surface area contributed by atoms with Gasteiger partial charge in [0.25, 0.3) is 0 Å². The normalized spacial score (nSPS) is 14.6. The van der Waals surface area contributed by atoms with E-state index in [1.54, 1.807) is 30.3 Å². The molecule has 2 aliphatic rings. The number of aryl methyl sites for hydroxylation is 2. The van der Waals surface area contributed by atoms with Crippen molar-refractivity contribution in [3.63, 3.8) is 0 Å². The highest BCUT2D eigenvalue weighted by Gasteiger charge is 2.34. The number of nitrogens with zero attached hydrogens (tertiary/aromatic N) is 4. The Labute approximate surface area is 209 Å². The first-order chi connectivity index (χ1) is 17.0. The van der Waals surface area contributed by atoms with Crippen LogP contribution in [0, 0.1) is 0 Å². The molecule has 0 atom stereocenters. The molecule has 0 unspecified atom stereocenters. The quantitative estimate of drug-likeness (QED) is 0.347. The first kappa shape index (κ1) is 21.9. The smallest absolute Gasteiger partial charge is 0.356 e. The van der Waals surface area contributed by atoms with Crippen molar-refractivity contribution in [2.75, 3.05) is 0 Å². The third-order valence-corrected chi connectivity index (χ3v) is 6.60. The van der Waals surface area contributed by atoms with Crippen LogP contribution in [0.2, 0.25) is 10.0 Å². The number of pyridine rings is 1. The number of halogens is 2. The summed E-state index contributed by atoms with van der Waals surface area (Å²) in [4.78, 5) is 15.8. The van der Waals surface area contributed by atoms with Crippen LogP contribution in [0.1, 0.15) is 46.3 Å². The van der Waals surface area contributed by atoms with Crippen LogP contribution in [0.4, 0.5) is 0 Å². The number of aromatic carboxylic acids is 1. The summed E-state index contributed by atoms with van der Waals surface area (Å²) < 4.78 is 19.2. The predicted molar refractivity (Wildman–Crippen MR) is 125 cm³/mol. The Kier molecular flexibility index (Phi) is 5.38. The number of benzene rings is 1. The molecule has 4 heterocycles. The van der Waals surface area contributed by atoms with Crippen LogP contribution in [-0.2, 0) is 19.6 Å². The maximum absolute atomic E-state index is 11.2. The minimum Gasteiger partial charge on any atom is -0.476 e. The lowest BCUT2D eigenvalue weighted by atomic mass is 10.0. The Hall–Kier alpha value is -3.56. The number of ether oxygens (including phenoxy) is 2. The van der Waals surface area contributed by atoms with Crippen molar-refractivity contribution in [3.05, 3.63) is 69.2 Å². The van der Waals surface area contributed by atoms with Crippen LogP contribution in [0.3, 0.4) is 0 Å². The van der Waals surface area contributed by atoms with Gasteiger partial charge in [-0.1, -0.05) is 34.4 Å². The van der Waals surface area contributed by atoms with Gasteiger partial charge < -0.3 is 19.1 Å². The van der Waals surface area contributed by atoms with Gasteiger partial charge in [0.15, 0.2) is 11.4 Å². The Bertz CT molecular complexity index is 1440. The third kappa shape index (κ3) is 4.11. The molecule has 9 nitrogen and oxygen atoms in total. The summed E-state index contributed by atoms with van der Waals surface area (Å²) in [6, 6.07) is 10.2. The summed E-state index contributed by atoms with van der Waals surface area (Å²) in [5.41, 5.74) is 2.61. The van der Waals surface area contributed by atoms with Gasteiger partial charge in [0.05, 0.1) is 27.8 Å². The number of carbonyl (C=O) groups is 1. The van der Waals surface area contributed by atoms with Gasteiger partial charge in [-0.25, -0.2) is 14.5 Å². The molecular formula is C24H18Cl2N4O5. The first-order valence-electron chi connectivity index (χ1n) is 11.0. The lowest BCUT2D eigenvalue weighted by molar-refractivity contribution is 0.0689. The van der Waals surface area contributed by atoms with Gasteiger partial charge >= 0.3 is 5.97 Å². The maximum Gasteiger partial charge on any atom is 0.356 e. The van der Waals surface area contributed by atoms with Crippen molar-refractivity contribution < 1.29 is 23.9 Å². The molecule has 1 aliphatic carbocycles. The average Bonchev–Trinajstić information content (AvgIpc) is 3.51. The highest BCUT2D eigenvalue weighted by Crippen LogP contribution is 2.46. The number of rotatable bonds is 6. The second-order valence-electron chi connectivity index (χ2n) is 8.38. The third-order valence-electron chi connectivity index (χ3n) is 5.97. The number of hydrogen-bond acceptors (Lipinski definition) is 7. The average molecular weight is 513 g/mol. The standard InChI is InChI=1S/C24H18Cl2N4O5/c25-14-2-1-3-15(26)21(14)22-13(23(35-29-22)12-4-5-12)11-33-19-7-6-18-16(27-19)8-9-30-20(34-18)10-17(28-30)24(31)32/h1-3,6-7,10,12H,4-5,8-9,11H2,(H,31,32). The number of fused-ring (bicyclic) bond motifs is 2. The van der Waals surface area contributed by atoms with Gasteiger partial charge in [-0.2, -0.15) is 5.10 Å². The van der Waals surface area contributed by atoms with Crippen molar-refractivity contribution in [1.29, 1.82) is 0 Å². The minimum atomic E-state index is -1.10. The van der Waals surface area contributed by atoms with Crippen LogP contribution in [0.5, 0.6) is 17.5 Å². The van der Waals surface area contributed by atoms with Crippen molar-refractivity contribution in [2.24, 2.45) is 0 Å². The Morgan fingerprint density at radius 1 is 1.20 bits per heavy atom.